The van der Waals surface area contributed by atoms with Crippen molar-refractivity contribution in [2.24, 2.45) is 0 Å². The van der Waals surface area contributed by atoms with Gasteiger partial charge in [0, 0.05) is 16.7 Å². The molecule has 1 aliphatic rings. The van der Waals surface area contributed by atoms with E-state index in [0.29, 0.717) is 34.6 Å². The van der Waals surface area contributed by atoms with Crippen LogP contribution in [-0.2, 0) is 0 Å². The molecule has 0 spiro atoms. The first-order chi connectivity index (χ1) is 10.6. The van der Waals surface area contributed by atoms with Crippen molar-refractivity contribution >= 4 is 11.6 Å². The third kappa shape index (κ3) is 2.35. The Labute approximate surface area is 129 Å². The lowest BCUT2D eigenvalue weighted by Crippen LogP contribution is -2.21. The third-order valence-electron chi connectivity index (χ3n) is 3.64. The zero-order valence-electron chi connectivity index (χ0n) is 12.6. The molecule has 0 aliphatic heterocycles. The van der Waals surface area contributed by atoms with Crippen molar-refractivity contribution < 1.29 is 14.3 Å². The Kier molecular flexibility index (Phi) is 3.63. The van der Waals surface area contributed by atoms with Crippen molar-refractivity contribution in [3.8, 4) is 5.75 Å². The summed E-state index contributed by atoms with van der Waals surface area (Å²) < 4.78 is 5.70. The molecule has 3 nitrogen and oxygen atoms in total. The van der Waals surface area contributed by atoms with E-state index in [4.69, 9.17) is 4.74 Å². The second-order valence-corrected chi connectivity index (χ2v) is 5.48. The van der Waals surface area contributed by atoms with Crippen LogP contribution in [0.15, 0.2) is 54.1 Å². The number of allylic oxidation sites excluding steroid dienone is 1. The molecule has 0 saturated carbocycles. The quantitative estimate of drug-likeness (QED) is 0.689. The number of hydrogen-bond donors (Lipinski definition) is 0. The maximum Gasteiger partial charge on any atom is 0.198 e. The molecule has 0 radical (unpaired) electrons. The molecule has 110 valence electrons. The molecule has 2 aromatic rings. The number of fused-ring (bicyclic) bond motifs is 2. The molecule has 0 bridgehead atoms. The standard InChI is InChI=1S/C19H16O3/c1-12(2)10-11-22-16-9-5-8-15-17(16)19(21)14-7-4-3-6-13(14)18(15)20/h3-10H,11H2,1-2H3. The molecule has 22 heavy (non-hydrogen) atoms. The minimum absolute atomic E-state index is 0.127. The highest BCUT2D eigenvalue weighted by molar-refractivity contribution is 6.29. The summed E-state index contributed by atoms with van der Waals surface area (Å²) in [5.74, 6) is 0.179. The summed E-state index contributed by atoms with van der Waals surface area (Å²) in [5, 5.41) is 0. The molecule has 0 N–H and O–H groups in total. The van der Waals surface area contributed by atoms with E-state index in [-0.39, 0.29) is 11.6 Å². The summed E-state index contributed by atoms with van der Waals surface area (Å²) in [5.41, 5.74) is 2.82. The lowest BCUT2D eigenvalue weighted by atomic mass is 9.83. The zero-order valence-corrected chi connectivity index (χ0v) is 12.6. The van der Waals surface area contributed by atoms with Gasteiger partial charge in [-0.2, -0.15) is 0 Å². The van der Waals surface area contributed by atoms with Crippen LogP contribution < -0.4 is 4.74 Å². The van der Waals surface area contributed by atoms with E-state index in [9.17, 15) is 9.59 Å². The van der Waals surface area contributed by atoms with Gasteiger partial charge in [-0.3, -0.25) is 9.59 Å². The number of carbonyl (C=O) groups is 2. The van der Waals surface area contributed by atoms with Gasteiger partial charge in [-0.1, -0.05) is 42.0 Å². The first kappa shape index (κ1) is 14.3. The summed E-state index contributed by atoms with van der Waals surface area (Å²) in [6.07, 6.45) is 1.93. The van der Waals surface area contributed by atoms with Crippen LogP contribution in [0.3, 0.4) is 0 Å². The van der Waals surface area contributed by atoms with Gasteiger partial charge in [-0.05, 0) is 26.0 Å². The first-order valence-corrected chi connectivity index (χ1v) is 7.17. The van der Waals surface area contributed by atoms with E-state index < -0.39 is 0 Å². The van der Waals surface area contributed by atoms with E-state index in [1.54, 1.807) is 42.5 Å². The Balaban J connectivity index is 2.07. The zero-order chi connectivity index (χ0) is 15.7. The van der Waals surface area contributed by atoms with Gasteiger partial charge in [-0.25, -0.2) is 0 Å². The molecule has 0 fully saturated rings. The molecule has 3 rings (SSSR count). The molecule has 0 aromatic heterocycles. The van der Waals surface area contributed by atoms with Gasteiger partial charge in [0.1, 0.15) is 12.4 Å². The van der Waals surface area contributed by atoms with Crippen LogP contribution in [-0.4, -0.2) is 18.2 Å². The van der Waals surface area contributed by atoms with E-state index in [1.807, 2.05) is 19.9 Å². The Bertz CT molecular complexity index is 796. The van der Waals surface area contributed by atoms with E-state index in [1.165, 1.54) is 0 Å². The van der Waals surface area contributed by atoms with Gasteiger partial charge < -0.3 is 4.74 Å². The monoisotopic (exact) mass is 292 g/mol. The summed E-state index contributed by atoms with van der Waals surface area (Å²) in [7, 11) is 0. The summed E-state index contributed by atoms with van der Waals surface area (Å²) in [6, 6.07) is 12.1. The topological polar surface area (TPSA) is 43.4 Å². The fraction of sp³-hybridized carbons (Fsp3) is 0.158. The number of hydrogen-bond acceptors (Lipinski definition) is 3. The molecule has 0 saturated heterocycles. The van der Waals surface area contributed by atoms with Crippen molar-refractivity contribution in [3.63, 3.8) is 0 Å². The van der Waals surface area contributed by atoms with Crippen molar-refractivity contribution in [1.29, 1.82) is 0 Å². The third-order valence-corrected chi connectivity index (χ3v) is 3.64. The summed E-state index contributed by atoms with van der Waals surface area (Å²) in [4.78, 5) is 25.3. The van der Waals surface area contributed by atoms with E-state index >= 15 is 0 Å². The van der Waals surface area contributed by atoms with Crippen LogP contribution in [0.4, 0.5) is 0 Å². The second-order valence-electron chi connectivity index (χ2n) is 5.48. The number of ketones is 2. The average Bonchev–Trinajstić information content (AvgIpc) is 2.52. The molecular formula is C19H16O3. The molecule has 0 heterocycles. The normalized spacial score (nSPS) is 12.5. The van der Waals surface area contributed by atoms with Crippen molar-refractivity contribution in [1.82, 2.24) is 0 Å². The fourth-order valence-corrected chi connectivity index (χ4v) is 2.53. The van der Waals surface area contributed by atoms with E-state index in [2.05, 4.69) is 0 Å². The fourth-order valence-electron chi connectivity index (χ4n) is 2.53. The predicted molar refractivity (Wildman–Crippen MR) is 84.7 cm³/mol. The first-order valence-electron chi connectivity index (χ1n) is 7.17. The number of ether oxygens (including phenoxy) is 1. The second kappa shape index (κ2) is 5.60. The smallest absolute Gasteiger partial charge is 0.198 e. The Morgan fingerprint density at radius 3 is 2.23 bits per heavy atom. The van der Waals surface area contributed by atoms with Gasteiger partial charge in [0.05, 0.1) is 5.56 Å². The number of carbonyl (C=O) groups excluding carboxylic acids is 2. The van der Waals surface area contributed by atoms with Crippen LogP contribution >= 0.6 is 0 Å². The van der Waals surface area contributed by atoms with Crippen LogP contribution in [0, 0.1) is 0 Å². The molecule has 0 atom stereocenters. The SMILES string of the molecule is CC(C)=CCOc1cccc2c1C(=O)c1ccccc1C2=O. The van der Waals surface area contributed by atoms with Gasteiger partial charge in [0.25, 0.3) is 0 Å². The molecule has 3 heteroatoms. The maximum atomic E-state index is 12.7. The molecule has 0 unspecified atom stereocenters. The number of benzene rings is 2. The van der Waals surface area contributed by atoms with Gasteiger partial charge >= 0.3 is 0 Å². The maximum absolute atomic E-state index is 12.7. The summed E-state index contributed by atoms with van der Waals surface area (Å²) >= 11 is 0. The van der Waals surface area contributed by atoms with Crippen molar-refractivity contribution in [2.75, 3.05) is 6.61 Å². The van der Waals surface area contributed by atoms with E-state index in [0.717, 1.165) is 5.57 Å². The summed E-state index contributed by atoms with van der Waals surface area (Å²) in [6.45, 7) is 4.34. The van der Waals surface area contributed by atoms with Gasteiger partial charge in [0.2, 0.25) is 0 Å². The Morgan fingerprint density at radius 1 is 0.909 bits per heavy atom. The van der Waals surface area contributed by atoms with Crippen LogP contribution in [0.2, 0.25) is 0 Å². The van der Waals surface area contributed by atoms with Crippen molar-refractivity contribution in [2.45, 2.75) is 13.8 Å². The Hall–Kier alpha value is -2.68. The molecular weight excluding hydrogens is 276 g/mol. The van der Waals surface area contributed by atoms with Gasteiger partial charge in [-0.15, -0.1) is 0 Å². The highest BCUT2D eigenvalue weighted by Crippen LogP contribution is 2.33. The lowest BCUT2D eigenvalue weighted by molar-refractivity contribution is 0.0976. The minimum Gasteiger partial charge on any atom is -0.489 e. The molecule has 2 aromatic carbocycles. The highest BCUT2D eigenvalue weighted by Gasteiger charge is 2.31. The highest BCUT2D eigenvalue weighted by atomic mass is 16.5. The van der Waals surface area contributed by atoms with Crippen LogP contribution in [0.25, 0.3) is 0 Å². The van der Waals surface area contributed by atoms with Crippen LogP contribution in [0.1, 0.15) is 45.7 Å². The van der Waals surface area contributed by atoms with Crippen LogP contribution in [0.5, 0.6) is 5.75 Å². The molecule has 1 aliphatic carbocycles. The van der Waals surface area contributed by atoms with Gasteiger partial charge in [0.15, 0.2) is 11.6 Å². The largest absolute Gasteiger partial charge is 0.489 e. The number of rotatable bonds is 3. The Morgan fingerprint density at radius 2 is 1.55 bits per heavy atom. The lowest BCUT2D eigenvalue weighted by Gasteiger charge is -2.19. The van der Waals surface area contributed by atoms with Crippen molar-refractivity contribution in [3.05, 3.63) is 76.4 Å². The predicted octanol–water partition coefficient (Wildman–Crippen LogP) is 3.81. The average molecular weight is 292 g/mol. The molecule has 0 amide bonds. The minimum atomic E-state index is -0.155.